The molecule has 106 valence electrons. The maximum Gasteiger partial charge on any atom is 0.339 e. The standard InChI is InChI=1S/C13H14N2O4S/c1-20-10-5-3-2-4-9(10)12(17)19-8-11(16)15-7-6-14-13(15)18/h2-5H,6-8H2,1H3,(H,14,18). The molecule has 20 heavy (non-hydrogen) atoms. The molecule has 0 saturated carbocycles. The summed E-state index contributed by atoms with van der Waals surface area (Å²) in [5, 5.41) is 2.51. The van der Waals surface area contributed by atoms with E-state index >= 15 is 0 Å². The minimum Gasteiger partial charge on any atom is -0.452 e. The zero-order valence-electron chi connectivity index (χ0n) is 10.9. The van der Waals surface area contributed by atoms with Gasteiger partial charge in [0.25, 0.3) is 5.91 Å². The van der Waals surface area contributed by atoms with Gasteiger partial charge < -0.3 is 10.1 Å². The molecule has 0 aromatic heterocycles. The molecule has 0 unspecified atom stereocenters. The van der Waals surface area contributed by atoms with Crippen molar-refractivity contribution in [2.75, 3.05) is 26.0 Å². The Bertz CT molecular complexity index is 547. The molecule has 0 radical (unpaired) electrons. The van der Waals surface area contributed by atoms with Gasteiger partial charge in [-0.15, -0.1) is 11.8 Å². The van der Waals surface area contributed by atoms with Crippen LogP contribution in [0.4, 0.5) is 4.79 Å². The molecule has 1 fully saturated rings. The second kappa shape index (κ2) is 6.42. The molecule has 1 aliphatic heterocycles. The van der Waals surface area contributed by atoms with E-state index in [2.05, 4.69) is 5.32 Å². The quantitative estimate of drug-likeness (QED) is 0.665. The van der Waals surface area contributed by atoms with Crippen LogP contribution in [0.5, 0.6) is 0 Å². The molecule has 2 rings (SSSR count). The number of imide groups is 1. The summed E-state index contributed by atoms with van der Waals surface area (Å²) in [4.78, 5) is 36.7. The minimum absolute atomic E-state index is 0.302. The first kappa shape index (κ1) is 14.4. The van der Waals surface area contributed by atoms with Gasteiger partial charge in [-0.1, -0.05) is 12.1 Å². The summed E-state index contributed by atoms with van der Waals surface area (Å²) in [6.45, 7) is 0.291. The third-order valence-corrected chi connectivity index (χ3v) is 3.61. The van der Waals surface area contributed by atoms with Crippen molar-refractivity contribution >= 4 is 29.7 Å². The first-order chi connectivity index (χ1) is 9.63. The number of thioether (sulfide) groups is 1. The summed E-state index contributed by atoms with van der Waals surface area (Å²) in [5.41, 5.74) is 0.415. The van der Waals surface area contributed by atoms with Crippen LogP contribution in [0.25, 0.3) is 0 Å². The highest BCUT2D eigenvalue weighted by molar-refractivity contribution is 7.98. The van der Waals surface area contributed by atoms with Crippen molar-refractivity contribution in [3.8, 4) is 0 Å². The van der Waals surface area contributed by atoms with Crippen LogP contribution in [0, 0.1) is 0 Å². The van der Waals surface area contributed by atoms with Gasteiger partial charge in [-0.05, 0) is 18.4 Å². The summed E-state index contributed by atoms with van der Waals surface area (Å²) in [5.74, 6) is -1.09. The van der Waals surface area contributed by atoms with Gasteiger partial charge in [-0.2, -0.15) is 0 Å². The van der Waals surface area contributed by atoms with Crippen LogP contribution in [0.1, 0.15) is 10.4 Å². The van der Waals surface area contributed by atoms with E-state index in [-0.39, 0.29) is 0 Å². The van der Waals surface area contributed by atoms with Crippen LogP contribution in [0.3, 0.4) is 0 Å². The predicted octanol–water partition coefficient (Wildman–Crippen LogP) is 1.12. The number of carbonyl (C=O) groups is 3. The van der Waals surface area contributed by atoms with Crippen molar-refractivity contribution in [1.82, 2.24) is 10.2 Å². The number of urea groups is 1. The van der Waals surface area contributed by atoms with E-state index in [1.165, 1.54) is 11.8 Å². The highest BCUT2D eigenvalue weighted by Crippen LogP contribution is 2.20. The normalized spacial score (nSPS) is 14.1. The average Bonchev–Trinajstić information content (AvgIpc) is 2.90. The second-order valence-corrected chi connectivity index (χ2v) is 4.90. The maximum atomic E-state index is 11.9. The fraction of sp³-hybridized carbons (Fsp3) is 0.308. The molecule has 0 spiro atoms. The number of carbonyl (C=O) groups excluding carboxylic acids is 3. The Morgan fingerprint density at radius 1 is 1.40 bits per heavy atom. The van der Waals surface area contributed by atoms with Gasteiger partial charge in [0, 0.05) is 18.0 Å². The molecule has 3 amide bonds. The van der Waals surface area contributed by atoms with Crippen molar-refractivity contribution in [2.24, 2.45) is 0 Å². The minimum atomic E-state index is -0.567. The second-order valence-electron chi connectivity index (χ2n) is 4.05. The van der Waals surface area contributed by atoms with Gasteiger partial charge in [-0.25, -0.2) is 9.59 Å². The fourth-order valence-corrected chi connectivity index (χ4v) is 2.39. The summed E-state index contributed by atoms with van der Waals surface area (Å²) in [6.07, 6.45) is 1.85. The fourth-order valence-electron chi connectivity index (χ4n) is 1.81. The SMILES string of the molecule is CSc1ccccc1C(=O)OCC(=O)N1CCNC1=O. The first-order valence-electron chi connectivity index (χ1n) is 6.02. The highest BCUT2D eigenvalue weighted by atomic mass is 32.2. The number of hydrogen-bond donors (Lipinski definition) is 1. The number of nitrogens with one attached hydrogen (secondary N) is 1. The zero-order chi connectivity index (χ0) is 14.5. The lowest BCUT2D eigenvalue weighted by atomic mass is 10.2. The van der Waals surface area contributed by atoms with Gasteiger partial charge in [0.2, 0.25) is 0 Å². The molecule has 1 aliphatic rings. The highest BCUT2D eigenvalue weighted by Gasteiger charge is 2.27. The Morgan fingerprint density at radius 3 is 2.80 bits per heavy atom. The Hall–Kier alpha value is -2.02. The van der Waals surface area contributed by atoms with E-state index in [4.69, 9.17) is 4.74 Å². The largest absolute Gasteiger partial charge is 0.452 e. The van der Waals surface area contributed by atoms with Crippen LogP contribution in [-0.4, -0.2) is 48.8 Å². The molecule has 1 aromatic rings. The lowest BCUT2D eigenvalue weighted by molar-refractivity contribution is -0.130. The van der Waals surface area contributed by atoms with Crippen molar-refractivity contribution in [1.29, 1.82) is 0 Å². The molecule has 1 aromatic carbocycles. The van der Waals surface area contributed by atoms with E-state index in [0.717, 1.165) is 9.80 Å². The van der Waals surface area contributed by atoms with Gasteiger partial charge in [0.15, 0.2) is 6.61 Å². The Kier molecular flexibility index (Phi) is 4.62. The zero-order valence-corrected chi connectivity index (χ0v) is 11.7. The summed E-state index contributed by atoms with van der Waals surface area (Å²) in [7, 11) is 0. The predicted molar refractivity (Wildman–Crippen MR) is 73.6 cm³/mol. The monoisotopic (exact) mass is 294 g/mol. The topological polar surface area (TPSA) is 75.7 Å². The number of ether oxygens (including phenoxy) is 1. The van der Waals surface area contributed by atoms with Crippen molar-refractivity contribution < 1.29 is 19.1 Å². The third kappa shape index (κ3) is 3.11. The average molecular weight is 294 g/mol. The van der Waals surface area contributed by atoms with Gasteiger partial charge >= 0.3 is 12.0 Å². The molecule has 1 saturated heterocycles. The number of hydrogen-bond acceptors (Lipinski definition) is 5. The van der Waals surface area contributed by atoms with Gasteiger partial charge in [-0.3, -0.25) is 9.69 Å². The summed E-state index contributed by atoms with van der Waals surface area (Å²) in [6, 6.07) is 6.54. The molecule has 1 heterocycles. The van der Waals surface area contributed by atoms with Gasteiger partial charge in [0.05, 0.1) is 5.56 Å². The van der Waals surface area contributed by atoms with Crippen LogP contribution in [0.15, 0.2) is 29.2 Å². The molecule has 6 nitrogen and oxygen atoms in total. The van der Waals surface area contributed by atoms with E-state index < -0.39 is 24.5 Å². The number of benzene rings is 1. The number of amides is 3. The Morgan fingerprint density at radius 2 is 2.15 bits per heavy atom. The molecule has 0 atom stereocenters. The van der Waals surface area contributed by atoms with E-state index in [0.29, 0.717) is 18.7 Å². The van der Waals surface area contributed by atoms with E-state index in [1.54, 1.807) is 18.2 Å². The van der Waals surface area contributed by atoms with Crippen molar-refractivity contribution in [2.45, 2.75) is 4.90 Å². The van der Waals surface area contributed by atoms with Crippen molar-refractivity contribution in [3.05, 3.63) is 29.8 Å². The summed E-state index contributed by atoms with van der Waals surface area (Å²) >= 11 is 1.42. The molecule has 7 heteroatoms. The molecular formula is C13H14N2O4S. The number of rotatable bonds is 4. The molecule has 0 bridgehead atoms. The smallest absolute Gasteiger partial charge is 0.339 e. The molecular weight excluding hydrogens is 280 g/mol. The molecule has 1 N–H and O–H groups in total. The van der Waals surface area contributed by atoms with Crippen molar-refractivity contribution in [3.63, 3.8) is 0 Å². The number of nitrogens with zero attached hydrogens (tertiary/aromatic N) is 1. The van der Waals surface area contributed by atoms with E-state index in [1.807, 2.05) is 12.3 Å². The third-order valence-electron chi connectivity index (χ3n) is 2.81. The first-order valence-corrected chi connectivity index (χ1v) is 7.24. The Labute approximate surface area is 120 Å². The van der Waals surface area contributed by atoms with Crippen LogP contribution >= 0.6 is 11.8 Å². The van der Waals surface area contributed by atoms with Crippen LogP contribution in [-0.2, 0) is 9.53 Å². The lowest BCUT2D eigenvalue weighted by Gasteiger charge is -2.12. The van der Waals surface area contributed by atoms with Crippen LogP contribution in [0.2, 0.25) is 0 Å². The van der Waals surface area contributed by atoms with Crippen LogP contribution < -0.4 is 5.32 Å². The van der Waals surface area contributed by atoms with Gasteiger partial charge in [0.1, 0.15) is 0 Å². The molecule has 0 aliphatic carbocycles. The maximum absolute atomic E-state index is 11.9. The summed E-state index contributed by atoms with van der Waals surface area (Å²) < 4.78 is 4.97. The Balaban J connectivity index is 1.95. The number of esters is 1. The van der Waals surface area contributed by atoms with E-state index in [9.17, 15) is 14.4 Å². The lowest BCUT2D eigenvalue weighted by Crippen LogP contribution is -2.37.